The zero-order valence-electron chi connectivity index (χ0n) is 18.2. The average molecular weight is 373 g/mol. The molecule has 0 amide bonds. The number of hydrogen-bond donors (Lipinski definition) is 1. The number of hydrogen-bond acceptors (Lipinski definition) is 3. The Hall–Kier alpha value is 0.110. The Morgan fingerprint density at radius 3 is 1.08 bits per heavy atom. The molecule has 0 aliphatic carbocycles. The van der Waals surface area contributed by atoms with Gasteiger partial charge in [-0.3, -0.25) is 14.4 Å². The fraction of sp³-hybridized carbons (Fsp3) is 1.00. The third-order valence-corrected chi connectivity index (χ3v) is 10.4. The third kappa shape index (κ3) is 3.74. The highest BCUT2D eigenvalue weighted by Crippen LogP contribution is 2.63. The lowest BCUT2D eigenvalue weighted by molar-refractivity contribution is -0.00912. The fourth-order valence-electron chi connectivity index (χ4n) is 5.46. The summed E-state index contributed by atoms with van der Waals surface area (Å²) >= 11 is 0. The Labute approximate surface area is 155 Å². The van der Waals surface area contributed by atoms with E-state index in [9.17, 15) is 9.46 Å². The maximum atomic E-state index is 13.8. The average Bonchev–Trinajstić information content (AvgIpc) is 2.40. The van der Waals surface area contributed by atoms with Crippen LogP contribution in [0.5, 0.6) is 0 Å². The van der Waals surface area contributed by atoms with E-state index >= 15 is 0 Å². The summed E-state index contributed by atoms with van der Waals surface area (Å²) in [5.74, 6) is 0. The van der Waals surface area contributed by atoms with E-state index in [1.807, 2.05) is 0 Å². The highest BCUT2D eigenvalue weighted by molar-refractivity contribution is 7.59. The molecule has 2 fully saturated rings. The molecule has 1 N–H and O–H groups in total. The Bertz CT molecular complexity index is 486. The van der Waals surface area contributed by atoms with Gasteiger partial charge in [0.2, 0.25) is 7.37 Å². The molecule has 2 aliphatic rings. The molecule has 0 atom stereocenters. The molecule has 25 heavy (non-hydrogen) atoms. The number of nitrogens with zero attached hydrogens (tertiary/aromatic N) is 2. The predicted octanol–water partition coefficient (Wildman–Crippen LogP) is 4.56. The summed E-state index contributed by atoms with van der Waals surface area (Å²) in [6.07, 6.45) is 3.20. The van der Waals surface area contributed by atoms with Crippen molar-refractivity contribution in [1.82, 2.24) is 9.80 Å². The molecule has 0 radical (unpaired) electrons. The van der Waals surface area contributed by atoms with E-state index in [0.717, 1.165) is 25.7 Å². The van der Waals surface area contributed by atoms with E-state index in [1.165, 1.54) is 0 Å². The van der Waals surface area contributed by atoms with Gasteiger partial charge in [0, 0.05) is 33.5 Å². The fourth-order valence-corrected chi connectivity index (χ4v) is 8.89. The molecule has 2 saturated heterocycles. The SMILES string of the molecule is CN1C(C)(C)CC(P(=O)(O)C2CC(C)(C)N(C)C(C)(C)C2)CC1(C)C. The zero-order chi connectivity index (χ0) is 19.6. The number of piperidine rings is 2. The van der Waals surface area contributed by atoms with Crippen LogP contribution in [0.1, 0.15) is 81.1 Å². The summed E-state index contributed by atoms with van der Waals surface area (Å²) in [4.78, 5) is 16.2. The summed E-state index contributed by atoms with van der Waals surface area (Å²) < 4.78 is 13.8. The third-order valence-electron chi connectivity index (χ3n) is 7.62. The van der Waals surface area contributed by atoms with Crippen molar-refractivity contribution in [2.75, 3.05) is 14.1 Å². The summed E-state index contributed by atoms with van der Waals surface area (Å²) in [5, 5.41) is 0. The largest absolute Gasteiger partial charge is 0.344 e. The van der Waals surface area contributed by atoms with Crippen molar-refractivity contribution in [2.24, 2.45) is 0 Å². The minimum absolute atomic E-state index is 0.0543. The lowest BCUT2D eigenvalue weighted by Gasteiger charge is -2.57. The molecule has 0 bridgehead atoms. The van der Waals surface area contributed by atoms with Crippen molar-refractivity contribution >= 4 is 7.37 Å². The quantitative estimate of drug-likeness (QED) is 0.722. The second-order valence-corrected chi connectivity index (χ2v) is 14.0. The van der Waals surface area contributed by atoms with Gasteiger partial charge in [-0.15, -0.1) is 0 Å². The lowest BCUT2D eigenvalue weighted by Crippen LogP contribution is -2.62. The summed E-state index contributed by atoms with van der Waals surface area (Å²) in [7, 11) is 1.04. The van der Waals surface area contributed by atoms with E-state index < -0.39 is 7.37 Å². The van der Waals surface area contributed by atoms with Crippen LogP contribution in [0.15, 0.2) is 0 Å². The van der Waals surface area contributed by atoms with Crippen LogP contribution in [-0.2, 0) is 4.57 Å². The van der Waals surface area contributed by atoms with Gasteiger partial charge in [0.15, 0.2) is 0 Å². The van der Waals surface area contributed by atoms with Crippen molar-refractivity contribution in [1.29, 1.82) is 0 Å². The molecule has 0 saturated carbocycles. The van der Waals surface area contributed by atoms with Crippen LogP contribution in [0, 0.1) is 0 Å². The molecule has 0 aromatic carbocycles. The molecular formula is C20H41N2O2P. The van der Waals surface area contributed by atoms with E-state index in [1.54, 1.807) is 0 Å². The van der Waals surface area contributed by atoms with Gasteiger partial charge in [-0.2, -0.15) is 0 Å². The zero-order valence-corrected chi connectivity index (χ0v) is 19.1. The second-order valence-electron chi connectivity index (χ2n) is 11.2. The predicted molar refractivity (Wildman–Crippen MR) is 108 cm³/mol. The first kappa shape index (κ1) is 21.4. The second kappa shape index (κ2) is 6.06. The Morgan fingerprint density at radius 2 is 0.880 bits per heavy atom. The van der Waals surface area contributed by atoms with E-state index in [4.69, 9.17) is 0 Å². The first-order valence-corrected chi connectivity index (χ1v) is 11.5. The Morgan fingerprint density at radius 1 is 0.680 bits per heavy atom. The van der Waals surface area contributed by atoms with Crippen LogP contribution in [0.2, 0.25) is 0 Å². The van der Waals surface area contributed by atoms with Crippen LogP contribution in [-0.4, -0.2) is 62.3 Å². The molecule has 2 aliphatic heterocycles. The molecular weight excluding hydrogens is 331 g/mol. The van der Waals surface area contributed by atoms with Crippen molar-refractivity contribution in [2.45, 2.75) is 115 Å². The highest BCUT2D eigenvalue weighted by Gasteiger charge is 2.54. The van der Waals surface area contributed by atoms with Crippen molar-refractivity contribution in [3.8, 4) is 0 Å². The molecule has 148 valence electrons. The Kier molecular flexibility index (Phi) is 5.19. The van der Waals surface area contributed by atoms with Crippen LogP contribution in [0.3, 0.4) is 0 Å². The summed E-state index contributed by atoms with van der Waals surface area (Å²) in [6, 6.07) is 0. The van der Waals surface area contributed by atoms with Gasteiger partial charge < -0.3 is 4.89 Å². The maximum Gasteiger partial charge on any atom is 0.206 e. The van der Waals surface area contributed by atoms with Crippen molar-refractivity contribution < 1.29 is 9.46 Å². The smallest absolute Gasteiger partial charge is 0.206 e. The number of likely N-dealkylation sites (tertiary alicyclic amines) is 2. The van der Waals surface area contributed by atoms with Gasteiger partial charge >= 0.3 is 0 Å². The minimum atomic E-state index is -3.27. The summed E-state index contributed by atoms with van der Waals surface area (Å²) in [5.41, 5.74) is -0.423. The van der Waals surface area contributed by atoms with E-state index in [2.05, 4.69) is 79.3 Å². The first-order valence-electron chi connectivity index (χ1n) is 9.74. The van der Waals surface area contributed by atoms with Gasteiger partial charge in [0.05, 0.1) is 0 Å². The van der Waals surface area contributed by atoms with Crippen molar-refractivity contribution in [3.63, 3.8) is 0 Å². The lowest BCUT2D eigenvalue weighted by atomic mass is 9.80. The first-order chi connectivity index (χ1) is 10.9. The Balaban J connectivity index is 2.34. The van der Waals surface area contributed by atoms with Gasteiger partial charge in [-0.1, -0.05) is 0 Å². The number of rotatable bonds is 2. The molecule has 0 spiro atoms. The molecule has 4 nitrogen and oxygen atoms in total. The summed E-state index contributed by atoms with van der Waals surface area (Å²) in [6.45, 7) is 17.7. The van der Waals surface area contributed by atoms with Crippen LogP contribution in [0.25, 0.3) is 0 Å². The van der Waals surface area contributed by atoms with Gasteiger partial charge in [0.25, 0.3) is 0 Å². The highest BCUT2D eigenvalue weighted by atomic mass is 31.2. The van der Waals surface area contributed by atoms with Crippen LogP contribution >= 0.6 is 7.37 Å². The van der Waals surface area contributed by atoms with E-state index in [-0.39, 0.29) is 33.5 Å². The van der Waals surface area contributed by atoms with Gasteiger partial charge in [-0.05, 0) is 95.2 Å². The molecule has 2 rings (SSSR count). The topological polar surface area (TPSA) is 43.8 Å². The normalized spacial score (nSPS) is 31.2. The molecule has 5 heteroatoms. The van der Waals surface area contributed by atoms with Crippen molar-refractivity contribution in [3.05, 3.63) is 0 Å². The molecule has 0 aromatic heterocycles. The minimum Gasteiger partial charge on any atom is -0.344 e. The van der Waals surface area contributed by atoms with Crippen LogP contribution in [0.4, 0.5) is 0 Å². The maximum absolute atomic E-state index is 13.8. The van der Waals surface area contributed by atoms with Gasteiger partial charge in [-0.25, -0.2) is 0 Å². The van der Waals surface area contributed by atoms with Gasteiger partial charge in [0.1, 0.15) is 0 Å². The monoisotopic (exact) mass is 372 g/mol. The van der Waals surface area contributed by atoms with Crippen LogP contribution < -0.4 is 0 Å². The molecule has 2 heterocycles. The standard InChI is InChI=1S/C20H41N2O2P/c1-17(2)11-15(12-18(3,4)21(17)9)25(23,24)16-13-19(5,6)22(10)20(7,8)14-16/h15-16H,11-14H2,1-10H3,(H,23,24). The molecule has 0 unspecified atom stereocenters. The molecule has 0 aromatic rings. The van der Waals surface area contributed by atoms with E-state index in [0.29, 0.717) is 0 Å².